The van der Waals surface area contributed by atoms with Gasteiger partial charge < -0.3 is 20.5 Å². The van der Waals surface area contributed by atoms with Gasteiger partial charge in [-0.15, -0.1) is 11.6 Å². The van der Waals surface area contributed by atoms with Crippen LogP contribution in [-0.4, -0.2) is 41.2 Å². The minimum atomic E-state index is -1.12. The van der Waals surface area contributed by atoms with E-state index in [0.717, 1.165) is 11.3 Å². The molecule has 128 valence electrons. The van der Waals surface area contributed by atoms with E-state index in [4.69, 9.17) is 16.3 Å². The fourth-order valence-electron chi connectivity index (χ4n) is 1.89. The summed E-state index contributed by atoms with van der Waals surface area (Å²) in [5.74, 6) is -0.641. The molecule has 0 aliphatic carbocycles. The Morgan fingerprint density at radius 1 is 1.35 bits per heavy atom. The quantitative estimate of drug-likeness (QED) is 0.663. The van der Waals surface area contributed by atoms with Gasteiger partial charge in [0.1, 0.15) is 11.6 Å². The first-order valence-electron chi connectivity index (χ1n) is 7.32. The standard InChI is InChI=1S/C16H23ClN2O4/c1-16(2,3)23-15(22)19-13(14(20)21)10-11-5-4-6-12(9-11)18-8-7-17/h4-6,9,13,18H,7-8,10H2,1-3H3,(H,19,22)(H,20,21)/t13-/m0/s1. The summed E-state index contributed by atoms with van der Waals surface area (Å²) in [4.78, 5) is 23.1. The van der Waals surface area contributed by atoms with Crippen LogP contribution in [0.1, 0.15) is 26.3 Å². The summed E-state index contributed by atoms with van der Waals surface area (Å²) in [7, 11) is 0. The van der Waals surface area contributed by atoms with E-state index in [-0.39, 0.29) is 6.42 Å². The lowest BCUT2D eigenvalue weighted by molar-refractivity contribution is -0.139. The molecule has 0 aliphatic heterocycles. The van der Waals surface area contributed by atoms with Crippen LogP contribution in [-0.2, 0) is 16.0 Å². The number of anilines is 1. The molecule has 0 aliphatic rings. The molecular formula is C16H23ClN2O4. The summed E-state index contributed by atoms with van der Waals surface area (Å²) in [6.45, 7) is 5.76. The number of ether oxygens (including phenoxy) is 1. The Hall–Kier alpha value is -1.95. The summed E-state index contributed by atoms with van der Waals surface area (Å²) in [6.07, 6.45) is -0.591. The second kappa shape index (κ2) is 8.62. The number of carboxylic acids is 1. The number of carboxylic acid groups (broad SMARTS) is 1. The molecule has 6 nitrogen and oxygen atoms in total. The molecule has 0 aromatic heterocycles. The molecule has 0 bridgehead atoms. The van der Waals surface area contributed by atoms with Gasteiger partial charge in [0.25, 0.3) is 0 Å². The van der Waals surface area contributed by atoms with E-state index in [0.29, 0.717) is 12.4 Å². The van der Waals surface area contributed by atoms with Crippen LogP contribution in [0.4, 0.5) is 10.5 Å². The van der Waals surface area contributed by atoms with Gasteiger partial charge in [-0.05, 0) is 38.5 Å². The van der Waals surface area contributed by atoms with E-state index < -0.39 is 23.7 Å². The van der Waals surface area contributed by atoms with E-state index >= 15 is 0 Å². The molecule has 0 radical (unpaired) electrons. The maximum atomic E-state index is 11.7. The molecule has 1 atom stereocenters. The summed E-state index contributed by atoms with van der Waals surface area (Å²) >= 11 is 5.63. The zero-order valence-corrected chi connectivity index (χ0v) is 14.3. The van der Waals surface area contributed by atoms with Crippen LogP contribution in [0.25, 0.3) is 0 Å². The van der Waals surface area contributed by atoms with Crippen molar-refractivity contribution in [3.05, 3.63) is 29.8 Å². The average molecular weight is 343 g/mol. The number of amides is 1. The maximum absolute atomic E-state index is 11.7. The number of hydrogen-bond acceptors (Lipinski definition) is 4. The van der Waals surface area contributed by atoms with E-state index in [1.165, 1.54) is 0 Å². The third kappa shape index (κ3) is 7.74. The van der Waals surface area contributed by atoms with Crippen LogP contribution in [0.15, 0.2) is 24.3 Å². The number of hydrogen-bond donors (Lipinski definition) is 3. The molecule has 0 saturated carbocycles. The van der Waals surface area contributed by atoms with E-state index in [1.54, 1.807) is 26.8 Å². The van der Waals surface area contributed by atoms with Crippen LogP contribution in [0.3, 0.4) is 0 Å². The van der Waals surface area contributed by atoms with Gasteiger partial charge in [-0.2, -0.15) is 0 Å². The molecule has 7 heteroatoms. The summed E-state index contributed by atoms with van der Waals surface area (Å²) < 4.78 is 5.09. The van der Waals surface area contributed by atoms with Gasteiger partial charge >= 0.3 is 12.1 Å². The number of alkyl halides is 1. The molecule has 1 amide bonds. The topological polar surface area (TPSA) is 87.7 Å². The zero-order valence-electron chi connectivity index (χ0n) is 13.6. The maximum Gasteiger partial charge on any atom is 0.408 e. The molecule has 0 fully saturated rings. The molecule has 1 rings (SSSR count). The normalized spacial score (nSPS) is 12.3. The Balaban J connectivity index is 2.72. The first kappa shape index (κ1) is 19.1. The predicted molar refractivity (Wildman–Crippen MR) is 90.1 cm³/mol. The number of carbonyl (C=O) groups excluding carboxylic acids is 1. The minimum absolute atomic E-state index is 0.158. The van der Waals surface area contributed by atoms with Crippen molar-refractivity contribution in [3.8, 4) is 0 Å². The Bertz CT molecular complexity index is 543. The van der Waals surface area contributed by atoms with Gasteiger partial charge in [0.05, 0.1) is 0 Å². The van der Waals surface area contributed by atoms with Crippen molar-refractivity contribution in [2.45, 2.75) is 38.8 Å². The minimum Gasteiger partial charge on any atom is -0.480 e. The Morgan fingerprint density at radius 2 is 2.04 bits per heavy atom. The smallest absolute Gasteiger partial charge is 0.408 e. The highest BCUT2D eigenvalue weighted by molar-refractivity contribution is 6.18. The summed E-state index contributed by atoms with van der Waals surface area (Å²) in [5.41, 5.74) is 0.955. The predicted octanol–water partition coefficient (Wildman–Crippen LogP) is 2.86. The van der Waals surface area contributed by atoms with Crippen LogP contribution in [0, 0.1) is 0 Å². The Kier molecular flexibility index (Phi) is 7.16. The molecule has 0 heterocycles. The monoisotopic (exact) mass is 342 g/mol. The van der Waals surface area contributed by atoms with E-state index in [1.807, 2.05) is 18.2 Å². The van der Waals surface area contributed by atoms with Crippen molar-refractivity contribution in [1.29, 1.82) is 0 Å². The van der Waals surface area contributed by atoms with Crippen LogP contribution in [0.5, 0.6) is 0 Å². The van der Waals surface area contributed by atoms with Gasteiger partial charge in [-0.25, -0.2) is 9.59 Å². The van der Waals surface area contributed by atoms with Crippen LogP contribution < -0.4 is 10.6 Å². The number of benzene rings is 1. The SMILES string of the molecule is CC(C)(C)OC(=O)N[C@@H](Cc1cccc(NCCCl)c1)C(=O)O. The lowest BCUT2D eigenvalue weighted by Crippen LogP contribution is -2.44. The fraction of sp³-hybridized carbons (Fsp3) is 0.500. The van der Waals surface area contributed by atoms with Crippen LogP contribution >= 0.6 is 11.6 Å². The van der Waals surface area contributed by atoms with Crippen LogP contribution in [0.2, 0.25) is 0 Å². The number of aliphatic carboxylic acids is 1. The van der Waals surface area contributed by atoms with Gasteiger partial charge in [-0.3, -0.25) is 0 Å². The van der Waals surface area contributed by atoms with E-state index in [2.05, 4.69) is 10.6 Å². The average Bonchev–Trinajstić information content (AvgIpc) is 2.42. The van der Waals surface area contributed by atoms with Gasteiger partial charge in [0.15, 0.2) is 0 Å². The first-order chi connectivity index (χ1) is 10.7. The van der Waals surface area contributed by atoms with Gasteiger partial charge in [0.2, 0.25) is 0 Å². The highest BCUT2D eigenvalue weighted by Crippen LogP contribution is 2.13. The summed E-state index contributed by atoms with van der Waals surface area (Å²) in [5, 5.41) is 14.8. The third-order valence-corrected chi connectivity index (χ3v) is 2.97. The highest BCUT2D eigenvalue weighted by Gasteiger charge is 2.24. The molecule has 3 N–H and O–H groups in total. The molecular weight excluding hydrogens is 320 g/mol. The van der Waals surface area contributed by atoms with Crippen molar-refractivity contribution in [3.63, 3.8) is 0 Å². The van der Waals surface area contributed by atoms with Crippen molar-refractivity contribution in [2.75, 3.05) is 17.7 Å². The van der Waals surface area contributed by atoms with Gasteiger partial charge in [-0.1, -0.05) is 12.1 Å². The van der Waals surface area contributed by atoms with Crippen molar-refractivity contribution in [2.24, 2.45) is 0 Å². The number of rotatable bonds is 7. The van der Waals surface area contributed by atoms with Crippen molar-refractivity contribution in [1.82, 2.24) is 5.32 Å². The first-order valence-corrected chi connectivity index (χ1v) is 7.86. The second-order valence-electron chi connectivity index (χ2n) is 6.06. The molecule has 23 heavy (non-hydrogen) atoms. The molecule has 0 unspecified atom stereocenters. The summed E-state index contributed by atoms with van der Waals surface area (Å²) in [6, 6.07) is 6.26. The van der Waals surface area contributed by atoms with Crippen molar-refractivity contribution >= 4 is 29.4 Å². The van der Waals surface area contributed by atoms with Crippen molar-refractivity contribution < 1.29 is 19.4 Å². The highest BCUT2D eigenvalue weighted by atomic mass is 35.5. The number of nitrogens with one attached hydrogen (secondary N) is 2. The molecule has 0 spiro atoms. The zero-order chi connectivity index (χ0) is 17.5. The van der Waals surface area contributed by atoms with E-state index in [9.17, 15) is 14.7 Å². The molecule has 0 saturated heterocycles. The largest absolute Gasteiger partial charge is 0.480 e. The molecule has 1 aromatic rings. The second-order valence-corrected chi connectivity index (χ2v) is 6.44. The Morgan fingerprint density at radius 3 is 2.61 bits per heavy atom. The molecule has 1 aromatic carbocycles. The number of halogens is 1. The lowest BCUT2D eigenvalue weighted by atomic mass is 10.1. The number of carbonyl (C=O) groups is 2. The lowest BCUT2D eigenvalue weighted by Gasteiger charge is -2.22. The number of alkyl carbamates (subject to hydrolysis) is 1. The fourth-order valence-corrected chi connectivity index (χ4v) is 1.98. The Labute approximate surface area is 141 Å². The van der Waals surface area contributed by atoms with Gasteiger partial charge in [0, 0.05) is 24.5 Å². The third-order valence-electron chi connectivity index (χ3n) is 2.78.